The Bertz CT molecular complexity index is 1210. The monoisotopic (exact) mass is 515 g/mol. The minimum Gasteiger partial charge on any atom is -0.477 e. The average Bonchev–Trinajstić information content (AvgIpc) is 3.30. The lowest BCUT2D eigenvalue weighted by Gasteiger charge is -2.22. The molecule has 8 nitrogen and oxygen atoms in total. The molecule has 33 heavy (non-hydrogen) atoms. The molecule has 12 heteroatoms. The number of nitrogens with zero attached hydrogens (tertiary/aromatic N) is 2. The van der Waals surface area contributed by atoms with Crippen LogP contribution in [-0.2, 0) is 19.6 Å². The van der Waals surface area contributed by atoms with Gasteiger partial charge in [0.25, 0.3) is 0 Å². The van der Waals surface area contributed by atoms with Crippen LogP contribution in [0.15, 0.2) is 35.2 Å². The summed E-state index contributed by atoms with van der Waals surface area (Å²) in [5.74, 6) is -2.93. The van der Waals surface area contributed by atoms with Crippen LogP contribution >= 0.6 is 22.9 Å². The quantitative estimate of drug-likeness (QED) is 0.522. The van der Waals surface area contributed by atoms with E-state index in [1.807, 2.05) is 25.9 Å². The highest BCUT2D eigenvalue weighted by Gasteiger charge is 2.38. The molecule has 0 spiro atoms. The molecule has 1 amide bonds. The Labute approximate surface area is 200 Å². The number of hydrogen-bond donors (Lipinski definition) is 2. The van der Waals surface area contributed by atoms with Gasteiger partial charge in [0.15, 0.2) is 4.91 Å². The maximum atomic E-state index is 14.8. The van der Waals surface area contributed by atoms with Gasteiger partial charge in [0.1, 0.15) is 11.9 Å². The van der Waals surface area contributed by atoms with E-state index in [-0.39, 0.29) is 24.7 Å². The molecule has 0 radical (unpaired) electrons. The number of carbonyl (C=O) groups is 2. The number of benzene rings is 1. The fourth-order valence-corrected chi connectivity index (χ4v) is 5.68. The van der Waals surface area contributed by atoms with Crippen molar-refractivity contribution in [2.45, 2.75) is 25.4 Å². The highest BCUT2D eigenvalue weighted by atomic mass is 35.5. The number of sulfonamides is 1. The molecule has 2 unspecified atom stereocenters. The van der Waals surface area contributed by atoms with Crippen molar-refractivity contribution in [1.82, 2.24) is 9.62 Å². The van der Waals surface area contributed by atoms with E-state index in [0.717, 1.165) is 27.9 Å². The third-order valence-electron chi connectivity index (χ3n) is 5.39. The molecule has 1 aromatic heterocycles. The van der Waals surface area contributed by atoms with Crippen molar-refractivity contribution in [3.63, 3.8) is 0 Å². The average molecular weight is 516 g/mol. The molecular formula is C21H23ClFN3O5S2. The summed E-state index contributed by atoms with van der Waals surface area (Å²) in [4.78, 5) is 27.0. The van der Waals surface area contributed by atoms with Crippen molar-refractivity contribution in [3.05, 3.63) is 55.8 Å². The number of aliphatic carboxylic acids is 1. The molecule has 1 saturated heterocycles. The van der Waals surface area contributed by atoms with Gasteiger partial charge in [-0.2, -0.15) is 4.72 Å². The molecule has 3 rings (SSSR count). The molecule has 2 aromatic rings. The summed E-state index contributed by atoms with van der Waals surface area (Å²) in [5, 5.41) is 9.43. The van der Waals surface area contributed by atoms with E-state index in [1.54, 1.807) is 6.07 Å². The third kappa shape index (κ3) is 5.61. The second-order valence-electron chi connectivity index (χ2n) is 7.76. The minimum absolute atomic E-state index is 0.0400. The van der Waals surface area contributed by atoms with Gasteiger partial charge in [-0.25, -0.2) is 17.6 Å². The Morgan fingerprint density at radius 2 is 2.06 bits per heavy atom. The molecule has 0 aliphatic carbocycles. The summed E-state index contributed by atoms with van der Waals surface area (Å²) in [6.07, 6.45) is 1.04. The fourth-order valence-electron chi connectivity index (χ4n) is 3.37. The second kappa shape index (κ2) is 9.90. The summed E-state index contributed by atoms with van der Waals surface area (Å²) in [6.45, 7) is 2.00. The van der Waals surface area contributed by atoms with Crippen LogP contribution in [0.25, 0.3) is 6.08 Å². The number of thiophene rings is 1. The zero-order chi connectivity index (χ0) is 24.5. The van der Waals surface area contributed by atoms with Crippen molar-refractivity contribution in [2.75, 3.05) is 25.5 Å². The Kier molecular flexibility index (Phi) is 7.59. The van der Waals surface area contributed by atoms with Crippen LogP contribution in [0, 0.1) is 5.82 Å². The molecule has 1 fully saturated rings. The fraction of sp³-hybridized carbons (Fsp3) is 0.333. The van der Waals surface area contributed by atoms with Crippen molar-refractivity contribution in [3.8, 4) is 0 Å². The van der Waals surface area contributed by atoms with Gasteiger partial charge in [0, 0.05) is 17.5 Å². The summed E-state index contributed by atoms with van der Waals surface area (Å²) in [5.41, 5.74) is 0.772. The first-order valence-electron chi connectivity index (χ1n) is 9.90. The lowest BCUT2D eigenvalue weighted by Crippen LogP contribution is -2.42. The predicted molar refractivity (Wildman–Crippen MR) is 126 cm³/mol. The van der Waals surface area contributed by atoms with Crippen LogP contribution in [0.1, 0.15) is 29.8 Å². The van der Waals surface area contributed by atoms with E-state index in [1.165, 1.54) is 24.3 Å². The van der Waals surface area contributed by atoms with Crippen molar-refractivity contribution in [2.24, 2.45) is 0 Å². The third-order valence-corrected chi connectivity index (χ3v) is 8.03. The standard InChI is InChI=1S/C21H23ClFN3O5S2/c1-12(25(2)3)13-4-6-17(15(23)10-13)26-9-8-16(20(26)27)24-33(30,31)18(21(28)29)11-14-5-7-19(22)32-14/h4-7,10-12,16,24H,8-9H2,1-3H3,(H,28,29)/b18-11+. The van der Waals surface area contributed by atoms with Crippen LogP contribution in [0.3, 0.4) is 0 Å². The predicted octanol–water partition coefficient (Wildman–Crippen LogP) is 3.31. The zero-order valence-electron chi connectivity index (χ0n) is 18.1. The molecular weight excluding hydrogens is 493 g/mol. The second-order valence-corrected chi connectivity index (χ2v) is 11.2. The molecule has 2 atom stereocenters. The number of carboxylic acids is 1. The maximum absolute atomic E-state index is 14.8. The smallest absolute Gasteiger partial charge is 0.348 e. The van der Waals surface area contributed by atoms with Gasteiger partial charge in [0.05, 0.1) is 10.0 Å². The van der Waals surface area contributed by atoms with E-state index in [4.69, 9.17) is 11.6 Å². The molecule has 1 aromatic carbocycles. The summed E-state index contributed by atoms with van der Waals surface area (Å²) in [7, 11) is -0.811. The largest absolute Gasteiger partial charge is 0.477 e. The van der Waals surface area contributed by atoms with Crippen molar-refractivity contribution < 1.29 is 27.5 Å². The Morgan fingerprint density at radius 1 is 1.36 bits per heavy atom. The van der Waals surface area contributed by atoms with E-state index in [0.29, 0.717) is 9.21 Å². The topological polar surface area (TPSA) is 107 Å². The highest BCUT2D eigenvalue weighted by Crippen LogP contribution is 2.29. The number of halogens is 2. The molecule has 2 N–H and O–H groups in total. The van der Waals surface area contributed by atoms with Crippen LogP contribution in [0.4, 0.5) is 10.1 Å². The molecule has 1 aliphatic rings. The lowest BCUT2D eigenvalue weighted by atomic mass is 10.1. The van der Waals surface area contributed by atoms with Gasteiger partial charge >= 0.3 is 5.97 Å². The minimum atomic E-state index is -4.54. The molecule has 1 aliphatic heterocycles. The van der Waals surface area contributed by atoms with Crippen molar-refractivity contribution >= 4 is 56.6 Å². The van der Waals surface area contributed by atoms with Crippen LogP contribution in [0.2, 0.25) is 4.34 Å². The molecule has 0 bridgehead atoms. The number of hydrogen-bond acceptors (Lipinski definition) is 6. The molecule has 0 saturated carbocycles. The first kappa shape index (κ1) is 25.3. The van der Waals surface area contributed by atoms with Gasteiger partial charge in [-0.15, -0.1) is 11.3 Å². The number of rotatable bonds is 8. The summed E-state index contributed by atoms with van der Waals surface area (Å²) >= 11 is 6.83. The van der Waals surface area contributed by atoms with Gasteiger partial charge in [-0.3, -0.25) is 4.79 Å². The number of carbonyl (C=O) groups excluding carboxylic acids is 1. The van der Waals surface area contributed by atoms with Gasteiger partial charge in [0.2, 0.25) is 15.9 Å². The van der Waals surface area contributed by atoms with Gasteiger partial charge in [-0.05, 0) is 63.3 Å². The number of amides is 1. The SMILES string of the molecule is CC(c1ccc(N2CCC(NS(=O)(=O)/C(=C/c3ccc(Cl)s3)C(=O)O)C2=O)c(F)c1)N(C)C. The first-order chi connectivity index (χ1) is 15.4. The first-order valence-corrected chi connectivity index (χ1v) is 12.6. The number of nitrogens with one attached hydrogen (secondary N) is 1. The van der Waals surface area contributed by atoms with E-state index >= 15 is 0 Å². The van der Waals surface area contributed by atoms with Crippen molar-refractivity contribution in [1.29, 1.82) is 0 Å². The van der Waals surface area contributed by atoms with Crippen LogP contribution in [0.5, 0.6) is 0 Å². The van der Waals surface area contributed by atoms with E-state index in [9.17, 15) is 27.5 Å². The zero-order valence-corrected chi connectivity index (χ0v) is 20.5. The van der Waals surface area contributed by atoms with Crippen LogP contribution < -0.4 is 9.62 Å². The highest BCUT2D eigenvalue weighted by molar-refractivity contribution is 7.94. The van der Waals surface area contributed by atoms with E-state index in [2.05, 4.69) is 4.72 Å². The Balaban J connectivity index is 1.81. The van der Waals surface area contributed by atoms with Gasteiger partial charge in [-0.1, -0.05) is 17.7 Å². The number of carboxylic acid groups (broad SMARTS) is 1. The lowest BCUT2D eigenvalue weighted by molar-refractivity contribution is -0.131. The molecule has 178 valence electrons. The Hall–Kier alpha value is -2.31. The molecule has 2 heterocycles. The number of anilines is 1. The summed E-state index contributed by atoms with van der Waals surface area (Å²) in [6, 6.07) is 6.29. The Morgan fingerprint density at radius 3 is 2.61 bits per heavy atom. The van der Waals surface area contributed by atoms with Crippen LogP contribution in [-0.4, -0.2) is 57.0 Å². The normalized spacial score (nSPS) is 18.2. The van der Waals surface area contributed by atoms with Gasteiger partial charge < -0.3 is 14.9 Å². The van der Waals surface area contributed by atoms with E-state index < -0.39 is 38.7 Å². The maximum Gasteiger partial charge on any atom is 0.348 e. The summed E-state index contributed by atoms with van der Waals surface area (Å²) < 4.78 is 42.8.